The third-order valence-corrected chi connectivity index (χ3v) is 9.12. The molecule has 0 N–H and O–H groups in total. The van der Waals surface area contributed by atoms with Gasteiger partial charge in [-0.1, -0.05) is 30.0 Å². The van der Waals surface area contributed by atoms with Gasteiger partial charge in [-0.25, -0.2) is 13.9 Å². The van der Waals surface area contributed by atoms with Gasteiger partial charge >= 0.3 is 41.8 Å². The highest BCUT2D eigenvalue weighted by molar-refractivity contribution is 7.99. The van der Waals surface area contributed by atoms with Gasteiger partial charge in [-0.3, -0.25) is 28.8 Å². The molecule has 0 saturated carbocycles. The number of esters is 7. The number of aryl methyl sites for hydroxylation is 1. The maximum absolute atomic E-state index is 13.5. The molecule has 306 valence electrons. The lowest BCUT2D eigenvalue weighted by molar-refractivity contribution is -0.671. The fraction of sp³-hybridized carbons (Fsp3) is 0.556. The summed E-state index contributed by atoms with van der Waals surface area (Å²) in [5.74, 6) is -5.58. The van der Waals surface area contributed by atoms with Crippen LogP contribution in [0.4, 0.5) is 0 Å². The molecule has 1 aromatic carbocycles. The number of aromatic nitrogens is 2. The largest absolute Gasteiger partial charge is 0.463 e. The van der Waals surface area contributed by atoms with E-state index in [1.807, 2.05) is 0 Å². The summed E-state index contributed by atoms with van der Waals surface area (Å²) in [5.41, 5.74) is -1.09. The number of hydrogen-bond acceptors (Lipinski definition) is 18. The second-order valence-corrected chi connectivity index (χ2v) is 13.9. The minimum Gasteiger partial charge on any atom is -0.463 e. The van der Waals surface area contributed by atoms with Crippen LogP contribution in [0, 0.1) is 0 Å². The second-order valence-electron chi connectivity index (χ2n) is 12.7. The number of carbonyl (C=O) groups excluding carboxylic acids is 7. The lowest BCUT2D eigenvalue weighted by Gasteiger charge is -2.46. The third kappa shape index (κ3) is 12.8. The molecule has 20 heteroatoms. The zero-order valence-corrected chi connectivity index (χ0v) is 32.6. The predicted molar refractivity (Wildman–Crippen MR) is 185 cm³/mol. The Balaban J connectivity index is 1.75. The summed E-state index contributed by atoms with van der Waals surface area (Å²) in [4.78, 5) is 87.9. The minimum absolute atomic E-state index is 0.280. The van der Waals surface area contributed by atoms with E-state index < -0.39 is 116 Å². The van der Waals surface area contributed by atoms with Crippen LogP contribution in [0.3, 0.4) is 0 Å². The molecule has 0 bridgehead atoms. The molecule has 4 rings (SSSR count). The van der Waals surface area contributed by atoms with Crippen molar-refractivity contribution in [2.75, 3.05) is 13.2 Å². The molecular weight excluding hydrogens is 764 g/mol. The molecule has 2 aromatic rings. The number of thioether (sulfide) groups is 1. The first-order valence-electron chi connectivity index (χ1n) is 17.3. The van der Waals surface area contributed by atoms with Crippen molar-refractivity contribution in [3.05, 3.63) is 49.1 Å². The van der Waals surface area contributed by atoms with E-state index in [2.05, 4.69) is 0 Å². The summed E-state index contributed by atoms with van der Waals surface area (Å²) in [6, 6.07) is 8.87. The zero-order valence-electron chi connectivity index (χ0n) is 31.8. The average Bonchev–Trinajstić information content (AvgIpc) is 3.51. The Kier molecular flexibility index (Phi) is 15.8. The molecule has 10 atom stereocenters. The molecule has 0 aliphatic carbocycles. The molecule has 0 spiro atoms. The zero-order chi connectivity index (χ0) is 41.1. The molecule has 0 unspecified atom stereocenters. The van der Waals surface area contributed by atoms with Crippen LogP contribution in [0.2, 0.25) is 0 Å². The van der Waals surface area contributed by atoms with Gasteiger partial charge in [-0.15, -0.1) is 0 Å². The van der Waals surface area contributed by atoms with E-state index in [9.17, 15) is 33.6 Å². The summed E-state index contributed by atoms with van der Waals surface area (Å²) in [5, 5.41) is 0. The Morgan fingerprint density at radius 1 is 0.643 bits per heavy atom. The number of ether oxygens (including phenoxy) is 10. The Bertz CT molecular complexity index is 1720. The fourth-order valence-electron chi connectivity index (χ4n) is 5.97. The highest BCUT2D eigenvalue weighted by Gasteiger charge is 2.55. The number of hydrogen-bond donors (Lipinski definition) is 0. The van der Waals surface area contributed by atoms with E-state index in [0.717, 1.165) is 53.3 Å². The number of nitrogens with zero attached hydrogens (tertiary/aromatic N) is 2. The van der Waals surface area contributed by atoms with E-state index >= 15 is 0 Å². The summed E-state index contributed by atoms with van der Waals surface area (Å²) in [7, 11) is 1.75. The lowest BCUT2D eigenvalue weighted by Crippen LogP contribution is -2.64. The SMILES string of the molecule is CC(=O)OC[C@H]1O[C@H](OC[C@H]2O[C@@H](Sc3ccccc3)[C@H](OC(C)=O)[C@@H](OC(C)=O)[C@@H]2OC(=O)Cn2cc[n+](C)c2)[C@@H](OC(C)=O)[C@@H](OC(C)=O)[C@@H]1OC(C)=O. The van der Waals surface area contributed by atoms with Gasteiger partial charge in [0.05, 0.1) is 13.7 Å². The van der Waals surface area contributed by atoms with Crippen molar-refractivity contribution in [1.29, 1.82) is 0 Å². The summed E-state index contributed by atoms with van der Waals surface area (Å²) >= 11 is 1.12. The van der Waals surface area contributed by atoms with Crippen molar-refractivity contribution in [1.82, 2.24) is 4.57 Å². The van der Waals surface area contributed by atoms with Crippen LogP contribution in [0.15, 0.2) is 53.9 Å². The van der Waals surface area contributed by atoms with Crippen LogP contribution in [0.5, 0.6) is 0 Å². The third-order valence-electron chi connectivity index (χ3n) is 7.97. The van der Waals surface area contributed by atoms with Crippen LogP contribution in [-0.4, -0.2) is 120 Å². The van der Waals surface area contributed by atoms with Crippen LogP contribution in [0.1, 0.15) is 41.5 Å². The molecule has 56 heavy (non-hydrogen) atoms. The van der Waals surface area contributed by atoms with Gasteiger partial charge in [0.25, 0.3) is 0 Å². The van der Waals surface area contributed by atoms with E-state index in [-0.39, 0.29) is 6.54 Å². The monoisotopic (exact) mass is 809 g/mol. The molecular formula is C36H45N2O17S+. The smallest absolute Gasteiger partial charge is 0.349 e. The maximum Gasteiger partial charge on any atom is 0.349 e. The van der Waals surface area contributed by atoms with Crippen molar-refractivity contribution < 1.29 is 85.5 Å². The molecule has 2 saturated heterocycles. The summed E-state index contributed by atoms with van der Waals surface area (Å²) in [6.45, 7) is 5.30. The van der Waals surface area contributed by atoms with Crippen LogP contribution in [0.25, 0.3) is 0 Å². The van der Waals surface area contributed by atoms with Crippen LogP contribution in [-0.2, 0) is 94.5 Å². The summed E-state index contributed by atoms with van der Waals surface area (Å²) < 4.78 is 60.8. The molecule has 0 radical (unpaired) electrons. The first-order chi connectivity index (χ1) is 26.5. The molecule has 1 aromatic heterocycles. The van der Waals surface area contributed by atoms with Crippen molar-refractivity contribution in [3.8, 4) is 0 Å². The first kappa shape index (κ1) is 43.7. The first-order valence-corrected chi connectivity index (χ1v) is 18.2. The Hall–Kier alpha value is -5.05. The Labute approximate surface area is 326 Å². The van der Waals surface area contributed by atoms with Gasteiger partial charge in [0.15, 0.2) is 49.5 Å². The molecule has 2 fully saturated rings. The molecule has 2 aliphatic rings. The van der Waals surface area contributed by atoms with Gasteiger partial charge < -0.3 is 47.4 Å². The highest BCUT2D eigenvalue weighted by Crippen LogP contribution is 2.38. The Morgan fingerprint density at radius 3 is 1.71 bits per heavy atom. The topological polar surface area (TPSA) is 221 Å². The van der Waals surface area contributed by atoms with E-state index in [1.165, 1.54) is 4.57 Å². The fourth-order valence-corrected chi connectivity index (χ4v) is 7.10. The normalized spacial score (nSPS) is 27.2. The standard InChI is InChI=1S/C36H45N2O17S/c1-19(39)46-16-26-29(48-20(2)40)31(49-21(3)41)33(51-23(5)43)35(53-26)47-17-27-30(55-28(45)15-38-14-13-37(7)18-38)32(50-22(4)42)34(52-24(6)44)36(54-27)56-25-11-9-8-10-12-25/h8-14,18,26-27,29-36H,15-17H2,1-7H3/q+1/t26-,27-,29-,30-,31+,32+,33+,34-,35+,36+/m1/s1. The van der Waals surface area contributed by atoms with E-state index in [0.29, 0.717) is 4.90 Å². The summed E-state index contributed by atoms with van der Waals surface area (Å²) in [6.07, 6.45) is -8.13. The van der Waals surface area contributed by atoms with Gasteiger partial charge in [0, 0.05) is 46.4 Å². The van der Waals surface area contributed by atoms with Crippen molar-refractivity contribution >= 4 is 53.5 Å². The number of rotatable bonds is 15. The van der Waals surface area contributed by atoms with E-state index in [1.54, 1.807) is 60.7 Å². The highest BCUT2D eigenvalue weighted by atomic mass is 32.2. The van der Waals surface area contributed by atoms with Crippen LogP contribution < -0.4 is 4.57 Å². The quantitative estimate of drug-likeness (QED) is 0.137. The number of imidazole rings is 1. The number of carbonyl (C=O) groups is 7. The maximum atomic E-state index is 13.5. The van der Waals surface area contributed by atoms with Gasteiger partial charge in [-0.05, 0) is 12.1 Å². The van der Waals surface area contributed by atoms with Crippen molar-refractivity contribution in [2.45, 2.75) is 114 Å². The number of benzene rings is 1. The van der Waals surface area contributed by atoms with Crippen LogP contribution >= 0.6 is 11.8 Å². The molecule has 0 amide bonds. The molecule has 2 aliphatic heterocycles. The average molecular weight is 810 g/mol. The van der Waals surface area contributed by atoms with Crippen molar-refractivity contribution in [2.24, 2.45) is 7.05 Å². The lowest BCUT2D eigenvalue weighted by atomic mass is 9.97. The second kappa shape index (κ2) is 20.2. The minimum atomic E-state index is -1.63. The van der Waals surface area contributed by atoms with Gasteiger partial charge in [-0.2, -0.15) is 0 Å². The van der Waals surface area contributed by atoms with Gasteiger partial charge in [0.2, 0.25) is 6.33 Å². The molecule has 19 nitrogen and oxygen atoms in total. The van der Waals surface area contributed by atoms with Crippen molar-refractivity contribution in [3.63, 3.8) is 0 Å². The Morgan fingerprint density at radius 2 is 1.16 bits per heavy atom. The van der Waals surface area contributed by atoms with E-state index in [4.69, 9.17) is 47.4 Å². The molecule has 3 heterocycles. The predicted octanol–water partition coefficient (Wildman–Crippen LogP) is 0.705. The van der Waals surface area contributed by atoms with Gasteiger partial charge in [0.1, 0.15) is 36.6 Å².